The summed E-state index contributed by atoms with van der Waals surface area (Å²) in [5.74, 6) is 0. The van der Waals surface area contributed by atoms with Gasteiger partial charge in [-0.1, -0.05) is 51.2 Å². The fourth-order valence-electron chi connectivity index (χ4n) is 2.19. The number of hydrogen-bond donors (Lipinski definition) is 1. The highest BCUT2D eigenvalue weighted by Gasteiger charge is 2.30. The first-order valence-electron chi connectivity index (χ1n) is 7.53. The van der Waals surface area contributed by atoms with Crippen molar-refractivity contribution in [3.63, 3.8) is 0 Å². The predicted molar refractivity (Wildman–Crippen MR) is 84.8 cm³/mol. The quantitative estimate of drug-likeness (QED) is 0.414. The molecule has 1 aromatic rings. The summed E-state index contributed by atoms with van der Waals surface area (Å²) in [7, 11) is 0. The van der Waals surface area contributed by atoms with Gasteiger partial charge in [-0.2, -0.15) is 13.2 Å². The van der Waals surface area contributed by atoms with Gasteiger partial charge in [0.2, 0.25) is 0 Å². The third-order valence-corrected chi connectivity index (χ3v) is 4.06. The van der Waals surface area contributed by atoms with Crippen LogP contribution in [0.2, 0.25) is 0 Å². The van der Waals surface area contributed by atoms with Crippen molar-refractivity contribution in [1.29, 1.82) is 0 Å². The van der Waals surface area contributed by atoms with Crippen LogP contribution in [0.1, 0.15) is 52.4 Å². The predicted octanol–water partition coefficient (Wildman–Crippen LogP) is 6.46. The Hall–Kier alpha value is -0.840. The van der Waals surface area contributed by atoms with Crippen molar-refractivity contribution < 1.29 is 13.2 Å². The number of nitrogens with one attached hydrogen (secondary N) is 1. The highest BCUT2D eigenvalue weighted by atomic mass is 32.2. The first-order chi connectivity index (χ1) is 9.92. The SMILES string of the molecule is CCCCCCCC(C)Nc1ccccc1SC(F)(F)F. The Balaban J connectivity index is 2.46. The maximum absolute atomic E-state index is 12.5. The maximum atomic E-state index is 12.5. The third-order valence-electron chi connectivity index (χ3n) is 3.26. The molecule has 21 heavy (non-hydrogen) atoms. The minimum absolute atomic E-state index is 0.0582. The molecule has 0 fully saturated rings. The zero-order chi connectivity index (χ0) is 15.7. The molecule has 0 aliphatic heterocycles. The van der Waals surface area contributed by atoms with Gasteiger partial charge >= 0.3 is 5.51 Å². The van der Waals surface area contributed by atoms with Crippen molar-refractivity contribution in [2.45, 2.75) is 68.8 Å². The minimum Gasteiger partial charge on any atom is -0.382 e. The van der Waals surface area contributed by atoms with Crippen LogP contribution in [0.5, 0.6) is 0 Å². The Bertz CT molecular complexity index is 407. The highest BCUT2D eigenvalue weighted by Crippen LogP contribution is 2.40. The number of alkyl halides is 3. The van der Waals surface area contributed by atoms with E-state index >= 15 is 0 Å². The molecule has 0 bridgehead atoms. The smallest absolute Gasteiger partial charge is 0.382 e. The second-order valence-electron chi connectivity index (χ2n) is 5.29. The van der Waals surface area contributed by atoms with E-state index in [1.54, 1.807) is 18.2 Å². The van der Waals surface area contributed by atoms with E-state index in [2.05, 4.69) is 12.2 Å². The molecule has 0 heterocycles. The molecule has 1 unspecified atom stereocenters. The molecule has 5 heteroatoms. The summed E-state index contributed by atoms with van der Waals surface area (Å²) in [5.41, 5.74) is -3.68. The second kappa shape index (κ2) is 9.23. The highest BCUT2D eigenvalue weighted by molar-refractivity contribution is 8.00. The molecule has 120 valence electrons. The van der Waals surface area contributed by atoms with Crippen LogP contribution in [0.25, 0.3) is 0 Å². The summed E-state index contributed by atoms with van der Waals surface area (Å²) in [4.78, 5) is 0.239. The fourth-order valence-corrected chi connectivity index (χ4v) is 2.82. The van der Waals surface area contributed by atoms with Crippen LogP contribution < -0.4 is 5.32 Å². The number of halogens is 3. The number of para-hydroxylation sites is 1. The van der Waals surface area contributed by atoms with Gasteiger partial charge in [0.05, 0.1) is 0 Å². The monoisotopic (exact) mass is 319 g/mol. The molecule has 0 spiro atoms. The summed E-state index contributed by atoms with van der Waals surface area (Å²) < 4.78 is 37.5. The van der Waals surface area contributed by atoms with Gasteiger partial charge in [0.15, 0.2) is 0 Å². The molecular formula is C16H24F3NS. The Kier molecular flexibility index (Phi) is 8.01. The zero-order valence-corrected chi connectivity index (χ0v) is 13.5. The van der Waals surface area contributed by atoms with Crippen LogP contribution in [0, 0.1) is 0 Å². The zero-order valence-electron chi connectivity index (χ0n) is 12.7. The summed E-state index contributed by atoms with van der Waals surface area (Å²) in [6.07, 6.45) is 7.00. The van der Waals surface area contributed by atoms with Gasteiger partial charge < -0.3 is 5.32 Å². The molecule has 0 radical (unpaired) electrons. The van der Waals surface area contributed by atoms with Crippen molar-refractivity contribution in [2.24, 2.45) is 0 Å². The number of benzene rings is 1. The number of thioether (sulfide) groups is 1. The third kappa shape index (κ3) is 8.24. The van der Waals surface area contributed by atoms with E-state index in [0.29, 0.717) is 5.69 Å². The van der Waals surface area contributed by atoms with Gasteiger partial charge in [0.25, 0.3) is 0 Å². The van der Waals surface area contributed by atoms with E-state index in [1.807, 2.05) is 6.92 Å². The normalized spacial score (nSPS) is 13.2. The standard InChI is InChI=1S/C16H24F3NS/c1-3-4-5-6-7-10-13(2)20-14-11-8-9-12-15(14)21-16(17,18)19/h8-9,11-13,20H,3-7,10H2,1-2H3. The molecule has 1 aromatic carbocycles. The summed E-state index contributed by atoms with van der Waals surface area (Å²) >= 11 is -0.0582. The average Bonchev–Trinajstić information content (AvgIpc) is 2.39. The fraction of sp³-hybridized carbons (Fsp3) is 0.625. The molecule has 1 atom stereocenters. The van der Waals surface area contributed by atoms with Gasteiger partial charge in [-0.25, -0.2) is 0 Å². The van der Waals surface area contributed by atoms with Crippen LogP contribution in [-0.4, -0.2) is 11.6 Å². The number of rotatable bonds is 9. The summed E-state index contributed by atoms with van der Waals surface area (Å²) in [5, 5.41) is 3.20. The Morgan fingerprint density at radius 1 is 1.10 bits per heavy atom. The van der Waals surface area contributed by atoms with Crippen LogP contribution in [-0.2, 0) is 0 Å². The number of anilines is 1. The lowest BCUT2D eigenvalue weighted by molar-refractivity contribution is -0.0327. The molecule has 1 nitrogen and oxygen atoms in total. The molecule has 0 saturated carbocycles. The molecule has 0 aliphatic rings. The van der Waals surface area contributed by atoms with Crippen LogP contribution in [0.15, 0.2) is 29.2 Å². The lowest BCUT2D eigenvalue weighted by Gasteiger charge is -2.18. The van der Waals surface area contributed by atoms with E-state index in [0.717, 1.165) is 12.8 Å². The lowest BCUT2D eigenvalue weighted by Crippen LogP contribution is -2.15. The lowest BCUT2D eigenvalue weighted by atomic mass is 10.1. The van der Waals surface area contributed by atoms with E-state index in [4.69, 9.17) is 0 Å². The van der Waals surface area contributed by atoms with E-state index in [1.165, 1.54) is 31.7 Å². The van der Waals surface area contributed by atoms with Crippen molar-refractivity contribution in [3.8, 4) is 0 Å². The van der Waals surface area contributed by atoms with Crippen molar-refractivity contribution in [3.05, 3.63) is 24.3 Å². The largest absolute Gasteiger partial charge is 0.446 e. The molecule has 0 aromatic heterocycles. The molecule has 0 aliphatic carbocycles. The van der Waals surface area contributed by atoms with Crippen molar-refractivity contribution >= 4 is 17.4 Å². The number of hydrogen-bond acceptors (Lipinski definition) is 2. The average molecular weight is 319 g/mol. The maximum Gasteiger partial charge on any atom is 0.446 e. The first kappa shape index (κ1) is 18.2. The Morgan fingerprint density at radius 2 is 1.76 bits per heavy atom. The topological polar surface area (TPSA) is 12.0 Å². The van der Waals surface area contributed by atoms with E-state index in [9.17, 15) is 13.2 Å². The van der Waals surface area contributed by atoms with Gasteiger partial charge in [0, 0.05) is 16.6 Å². The van der Waals surface area contributed by atoms with Crippen LogP contribution in [0.3, 0.4) is 0 Å². The van der Waals surface area contributed by atoms with E-state index in [-0.39, 0.29) is 22.7 Å². The van der Waals surface area contributed by atoms with Crippen LogP contribution >= 0.6 is 11.8 Å². The van der Waals surface area contributed by atoms with Crippen molar-refractivity contribution in [2.75, 3.05) is 5.32 Å². The van der Waals surface area contributed by atoms with Gasteiger partial charge in [-0.05, 0) is 37.2 Å². The van der Waals surface area contributed by atoms with Gasteiger partial charge in [-0.15, -0.1) is 0 Å². The Labute approximate surface area is 129 Å². The van der Waals surface area contributed by atoms with Gasteiger partial charge in [-0.3, -0.25) is 0 Å². The molecule has 1 rings (SSSR count). The molecule has 0 amide bonds. The molecular weight excluding hydrogens is 295 g/mol. The minimum atomic E-state index is -4.25. The molecule has 0 saturated heterocycles. The van der Waals surface area contributed by atoms with E-state index < -0.39 is 5.51 Å². The summed E-state index contributed by atoms with van der Waals surface area (Å²) in [6.45, 7) is 4.20. The van der Waals surface area contributed by atoms with Crippen molar-refractivity contribution in [1.82, 2.24) is 0 Å². The second-order valence-corrected chi connectivity index (χ2v) is 6.40. The van der Waals surface area contributed by atoms with Crippen LogP contribution in [0.4, 0.5) is 18.9 Å². The number of unbranched alkanes of at least 4 members (excludes halogenated alkanes) is 4. The molecule has 1 N–H and O–H groups in total. The summed E-state index contributed by atoms with van der Waals surface area (Å²) in [6, 6.07) is 6.79. The Morgan fingerprint density at radius 3 is 2.43 bits per heavy atom. The van der Waals surface area contributed by atoms with Gasteiger partial charge in [0.1, 0.15) is 0 Å². The first-order valence-corrected chi connectivity index (χ1v) is 8.35.